The highest BCUT2D eigenvalue weighted by molar-refractivity contribution is 5.69. The second-order valence-corrected chi connectivity index (χ2v) is 7.53. The van der Waals surface area contributed by atoms with E-state index in [2.05, 4.69) is 5.32 Å². The van der Waals surface area contributed by atoms with E-state index in [0.29, 0.717) is 6.61 Å². The lowest BCUT2D eigenvalue weighted by Crippen LogP contribution is -2.34. The zero-order valence-corrected chi connectivity index (χ0v) is 15.3. The standard InChI is InChI=1S/C21H24FNO3/c1-21(2,3)26-20(24)23-18-12-16(18)15-10-7-11-17(22)19(15)25-13-14-8-5-4-6-9-14/h4-11,16,18H,12-13H2,1-3H3,(H,23,24)/t16-,18+/m0/s1. The largest absolute Gasteiger partial charge is 0.486 e. The molecule has 1 aliphatic carbocycles. The molecule has 0 radical (unpaired) electrons. The molecule has 1 saturated carbocycles. The van der Waals surface area contributed by atoms with Crippen LogP contribution in [0, 0.1) is 5.82 Å². The summed E-state index contributed by atoms with van der Waals surface area (Å²) in [6, 6.07) is 14.5. The monoisotopic (exact) mass is 357 g/mol. The van der Waals surface area contributed by atoms with Gasteiger partial charge in [-0.3, -0.25) is 0 Å². The average molecular weight is 357 g/mol. The Morgan fingerprint density at radius 1 is 1.15 bits per heavy atom. The maximum Gasteiger partial charge on any atom is 0.407 e. The Kier molecular flexibility index (Phi) is 5.16. The van der Waals surface area contributed by atoms with Crippen molar-refractivity contribution in [2.24, 2.45) is 0 Å². The van der Waals surface area contributed by atoms with Gasteiger partial charge in [0, 0.05) is 17.5 Å². The van der Waals surface area contributed by atoms with Crippen LogP contribution in [0.3, 0.4) is 0 Å². The number of hydrogen-bond acceptors (Lipinski definition) is 3. The fraction of sp³-hybridized carbons (Fsp3) is 0.381. The molecule has 3 rings (SSSR count). The fourth-order valence-corrected chi connectivity index (χ4v) is 2.86. The molecule has 0 bridgehead atoms. The fourth-order valence-electron chi connectivity index (χ4n) is 2.86. The van der Waals surface area contributed by atoms with Gasteiger partial charge in [-0.05, 0) is 38.8 Å². The summed E-state index contributed by atoms with van der Waals surface area (Å²) < 4.78 is 25.4. The van der Waals surface area contributed by atoms with Gasteiger partial charge in [-0.25, -0.2) is 9.18 Å². The molecule has 0 saturated heterocycles. The first kappa shape index (κ1) is 18.2. The lowest BCUT2D eigenvalue weighted by Gasteiger charge is -2.19. The number of nitrogens with one attached hydrogen (secondary N) is 1. The summed E-state index contributed by atoms with van der Waals surface area (Å²) in [6.07, 6.45) is 0.290. The van der Waals surface area contributed by atoms with Crippen LogP contribution in [0.2, 0.25) is 0 Å². The third-order valence-corrected chi connectivity index (χ3v) is 4.12. The quantitative estimate of drug-likeness (QED) is 0.837. The van der Waals surface area contributed by atoms with Crippen LogP contribution in [-0.4, -0.2) is 17.7 Å². The highest BCUT2D eigenvalue weighted by Crippen LogP contribution is 2.45. The van der Waals surface area contributed by atoms with E-state index in [0.717, 1.165) is 17.5 Å². The minimum absolute atomic E-state index is 0.0315. The van der Waals surface area contributed by atoms with Gasteiger partial charge in [0.25, 0.3) is 0 Å². The number of para-hydroxylation sites is 1. The SMILES string of the molecule is CC(C)(C)OC(=O)N[C@@H]1C[C@H]1c1cccc(F)c1OCc1ccccc1. The number of hydrogen-bond donors (Lipinski definition) is 1. The van der Waals surface area contributed by atoms with E-state index in [4.69, 9.17) is 9.47 Å². The highest BCUT2D eigenvalue weighted by atomic mass is 19.1. The van der Waals surface area contributed by atoms with Gasteiger partial charge in [0.05, 0.1) is 0 Å². The second-order valence-electron chi connectivity index (χ2n) is 7.53. The number of amides is 1. The topological polar surface area (TPSA) is 47.6 Å². The van der Waals surface area contributed by atoms with Gasteiger partial charge in [0.15, 0.2) is 11.6 Å². The first-order valence-corrected chi connectivity index (χ1v) is 8.78. The van der Waals surface area contributed by atoms with Crippen molar-refractivity contribution < 1.29 is 18.7 Å². The Morgan fingerprint density at radius 3 is 2.58 bits per heavy atom. The molecule has 2 aromatic rings. The summed E-state index contributed by atoms with van der Waals surface area (Å²) in [7, 11) is 0. The van der Waals surface area contributed by atoms with E-state index in [-0.39, 0.29) is 23.5 Å². The summed E-state index contributed by atoms with van der Waals surface area (Å²) in [5.74, 6) is -0.0971. The number of halogens is 1. The summed E-state index contributed by atoms with van der Waals surface area (Å²) in [5.41, 5.74) is 1.21. The van der Waals surface area contributed by atoms with Crippen LogP contribution in [0.1, 0.15) is 44.2 Å². The van der Waals surface area contributed by atoms with Gasteiger partial charge < -0.3 is 14.8 Å². The normalized spacial score (nSPS) is 18.9. The summed E-state index contributed by atoms with van der Waals surface area (Å²) >= 11 is 0. The van der Waals surface area contributed by atoms with Crippen molar-refractivity contribution in [3.8, 4) is 5.75 Å². The van der Waals surface area contributed by atoms with Crippen molar-refractivity contribution in [1.82, 2.24) is 5.32 Å². The summed E-state index contributed by atoms with van der Waals surface area (Å²) in [5, 5.41) is 2.84. The lowest BCUT2D eigenvalue weighted by molar-refractivity contribution is 0.0522. The smallest absolute Gasteiger partial charge is 0.407 e. The zero-order chi connectivity index (χ0) is 18.7. The van der Waals surface area contributed by atoms with Crippen molar-refractivity contribution in [1.29, 1.82) is 0 Å². The average Bonchev–Trinajstić information content (AvgIpc) is 3.31. The van der Waals surface area contributed by atoms with Crippen molar-refractivity contribution in [3.63, 3.8) is 0 Å². The van der Waals surface area contributed by atoms with Gasteiger partial charge in [0.1, 0.15) is 12.2 Å². The van der Waals surface area contributed by atoms with E-state index in [1.807, 2.05) is 57.2 Å². The zero-order valence-electron chi connectivity index (χ0n) is 15.3. The predicted octanol–water partition coefficient (Wildman–Crippen LogP) is 4.79. The Morgan fingerprint density at radius 2 is 1.88 bits per heavy atom. The second kappa shape index (κ2) is 7.36. The first-order valence-electron chi connectivity index (χ1n) is 8.78. The molecule has 0 unspecified atom stereocenters. The number of carbonyl (C=O) groups is 1. The van der Waals surface area contributed by atoms with Gasteiger partial charge in [-0.2, -0.15) is 0 Å². The van der Waals surface area contributed by atoms with Crippen LogP contribution in [0.4, 0.5) is 9.18 Å². The minimum atomic E-state index is -0.544. The van der Waals surface area contributed by atoms with E-state index in [1.54, 1.807) is 6.07 Å². The van der Waals surface area contributed by atoms with Gasteiger partial charge >= 0.3 is 6.09 Å². The molecular formula is C21H24FNO3. The Bertz CT molecular complexity index is 771. The van der Waals surface area contributed by atoms with Crippen molar-refractivity contribution in [3.05, 3.63) is 65.5 Å². The minimum Gasteiger partial charge on any atom is -0.486 e. The van der Waals surface area contributed by atoms with E-state index >= 15 is 0 Å². The lowest BCUT2D eigenvalue weighted by atomic mass is 10.1. The number of benzene rings is 2. The molecule has 0 heterocycles. The molecule has 1 N–H and O–H groups in total. The molecule has 0 spiro atoms. The molecule has 4 nitrogen and oxygen atoms in total. The number of alkyl carbamates (subject to hydrolysis) is 1. The van der Waals surface area contributed by atoms with Gasteiger partial charge in [-0.15, -0.1) is 0 Å². The van der Waals surface area contributed by atoms with Crippen LogP contribution in [0.5, 0.6) is 5.75 Å². The van der Waals surface area contributed by atoms with Crippen LogP contribution >= 0.6 is 0 Å². The molecule has 2 atom stereocenters. The Balaban J connectivity index is 1.66. The van der Waals surface area contributed by atoms with E-state index in [1.165, 1.54) is 6.07 Å². The number of rotatable bonds is 5. The van der Waals surface area contributed by atoms with E-state index in [9.17, 15) is 9.18 Å². The molecule has 1 amide bonds. The molecule has 2 aromatic carbocycles. The molecule has 26 heavy (non-hydrogen) atoms. The molecule has 0 aromatic heterocycles. The van der Waals surface area contributed by atoms with Crippen LogP contribution in [-0.2, 0) is 11.3 Å². The van der Waals surface area contributed by atoms with Crippen molar-refractivity contribution in [2.75, 3.05) is 0 Å². The van der Waals surface area contributed by atoms with Crippen molar-refractivity contribution >= 4 is 6.09 Å². The Hall–Kier alpha value is -2.56. The van der Waals surface area contributed by atoms with Gasteiger partial charge in [0.2, 0.25) is 0 Å². The van der Waals surface area contributed by atoms with Crippen LogP contribution in [0.15, 0.2) is 48.5 Å². The van der Waals surface area contributed by atoms with E-state index < -0.39 is 11.7 Å². The predicted molar refractivity (Wildman–Crippen MR) is 97.7 cm³/mol. The Labute approximate surface area is 153 Å². The molecule has 1 aliphatic rings. The third kappa shape index (κ3) is 4.75. The van der Waals surface area contributed by atoms with Crippen LogP contribution < -0.4 is 10.1 Å². The molecule has 0 aliphatic heterocycles. The highest BCUT2D eigenvalue weighted by Gasteiger charge is 2.42. The molecule has 138 valence electrons. The number of ether oxygens (including phenoxy) is 2. The van der Waals surface area contributed by atoms with Gasteiger partial charge in [-0.1, -0.05) is 42.5 Å². The maximum absolute atomic E-state index is 14.3. The maximum atomic E-state index is 14.3. The third-order valence-electron chi connectivity index (χ3n) is 4.12. The molecule has 5 heteroatoms. The summed E-state index contributed by atoms with van der Waals surface area (Å²) in [6.45, 7) is 5.75. The molecular weight excluding hydrogens is 333 g/mol. The number of carbonyl (C=O) groups excluding carboxylic acids is 1. The molecule has 1 fully saturated rings. The first-order chi connectivity index (χ1) is 12.3. The van der Waals surface area contributed by atoms with Crippen LogP contribution in [0.25, 0.3) is 0 Å². The summed E-state index contributed by atoms with van der Waals surface area (Å²) in [4.78, 5) is 11.9. The van der Waals surface area contributed by atoms with Crippen molar-refractivity contribution in [2.45, 2.75) is 51.4 Å².